The van der Waals surface area contributed by atoms with Gasteiger partial charge < -0.3 is 5.32 Å². The summed E-state index contributed by atoms with van der Waals surface area (Å²) in [6.07, 6.45) is 0. The highest BCUT2D eigenvalue weighted by atomic mass is 35.5. The lowest BCUT2D eigenvalue weighted by Gasteiger charge is -1.94. The topological polar surface area (TPSA) is 42.0 Å². The number of carbonyl (C=O) groups is 1. The van der Waals surface area contributed by atoms with Crippen molar-refractivity contribution in [1.82, 2.24) is 4.98 Å². The number of fused-ring (bicyclic) bond motifs is 1. The summed E-state index contributed by atoms with van der Waals surface area (Å²) in [5, 5.41) is 4.03. The van der Waals surface area contributed by atoms with Gasteiger partial charge in [0.25, 0.3) is 0 Å². The van der Waals surface area contributed by atoms with Crippen LogP contribution in [0.3, 0.4) is 0 Å². The lowest BCUT2D eigenvalue weighted by molar-refractivity contribution is -0.113. The fourth-order valence-electron chi connectivity index (χ4n) is 1.16. The lowest BCUT2D eigenvalue weighted by Crippen LogP contribution is -2.11. The number of alkyl halides is 1. The molecule has 3 nitrogen and oxygen atoms in total. The van der Waals surface area contributed by atoms with Crippen molar-refractivity contribution in [1.29, 1.82) is 0 Å². The number of benzene rings is 1. The maximum Gasteiger partial charge on any atom is 0.241 e. The normalized spacial score (nSPS) is 10.7. The number of carbonyl (C=O) groups excluding carboxylic acids is 1. The van der Waals surface area contributed by atoms with Gasteiger partial charge in [-0.1, -0.05) is 34.5 Å². The summed E-state index contributed by atoms with van der Waals surface area (Å²) in [5.74, 6) is -0.410. The molecule has 1 amide bonds. The zero-order chi connectivity index (χ0) is 11.7. The van der Waals surface area contributed by atoms with Crippen LogP contribution in [0.2, 0.25) is 10.0 Å². The summed E-state index contributed by atoms with van der Waals surface area (Å²) >= 11 is 18.5. The minimum Gasteiger partial charge on any atom is -0.301 e. The average Bonchev–Trinajstić information content (AvgIpc) is 2.60. The Morgan fingerprint density at radius 3 is 2.88 bits per heavy atom. The molecule has 0 unspecified atom stereocenters. The number of hydrogen-bond donors (Lipinski definition) is 1. The minimum atomic E-state index is -0.303. The van der Waals surface area contributed by atoms with E-state index < -0.39 is 0 Å². The Kier molecular flexibility index (Phi) is 3.54. The summed E-state index contributed by atoms with van der Waals surface area (Å²) in [5.41, 5.74) is 0.626. The zero-order valence-corrected chi connectivity index (χ0v) is 10.8. The largest absolute Gasteiger partial charge is 0.301 e. The zero-order valence-electron chi connectivity index (χ0n) is 7.76. The molecule has 2 aromatic rings. The molecule has 0 bridgehead atoms. The highest BCUT2D eigenvalue weighted by Crippen LogP contribution is 2.33. The van der Waals surface area contributed by atoms with Crippen LogP contribution < -0.4 is 5.32 Å². The Labute approximate surface area is 110 Å². The van der Waals surface area contributed by atoms with Gasteiger partial charge in [0, 0.05) is 5.02 Å². The van der Waals surface area contributed by atoms with Gasteiger partial charge >= 0.3 is 0 Å². The van der Waals surface area contributed by atoms with Gasteiger partial charge in [-0.25, -0.2) is 4.98 Å². The van der Waals surface area contributed by atoms with Crippen LogP contribution in [0.15, 0.2) is 12.1 Å². The maximum atomic E-state index is 11.1. The molecule has 0 aliphatic heterocycles. The molecule has 7 heteroatoms. The van der Waals surface area contributed by atoms with Crippen LogP contribution in [0.5, 0.6) is 0 Å². The molecular weight excluding hydrogens is 291 g/mol. The number of aromatic nitrogens is 1. The maximum absolute atomic E-state index is 11.1. The molecule has 1 aromatic carbocycles. The third-order valence-corrected chi connectivity index (χ3v) is 3.45. The Morgan fingerprint density at radius 1 is 1.44 bits per heavy atom. The lowest BCUT2D eigenvalue weighted by atomic mass is 10.3. The second kappa shape index (κ2) is 4.75. The number of thiazole rings is 1. The van der Waals surface area contributed by atoms with Gasteiger partial charge in [-0.05, 0) is 12.1 Å². The molecule has 1 heterocycles. The van der Waals surface area contributed by atoms with Crippen molar-refractivity contribution in [3.8, 4) is 0 Å². The molecule has 84 valence electrons. The molecule has 1 N–H and O–H groups in total. The van der Waals surface area contributed by atoms with Crippen LogP contribution in [0.1, 0.15) is 0 Å². The van der Waals surface area contributed by atoms with E-state index in [2.05, 4.69) is 10.3 Å². The summed E-state index contributed by atoms with van der Waals surface area (Å²) < 4.78 is 0.822. The molecule has 0 aliphatic carbocycles. The molecule has 0 atom stereocenters. The molecule has 0 saturated carbocycles. The smallest absolute Gasteiger partial charge is 0.241 e. The van der Waals surface area contributed by atoms with E-state index in [0.717, 1.165) is 4.70 Å². The van der Waals surface area contributed by atoms with E-state index >= 15 is 0 Å². The Hall–Kier alpha value is -0.550. The Bertz CT molecular complexity index is 555. The molecule has 0 radical (unpaired) electrons. The number of anilines is 1. The number of hydrogen-bond acceptors (Lipinski definition) is 3. The van der Waals surface area contributed by atoms with Crippen LogP contribution in [-0.4, -0.2) is 16.8 Å². The van der Waals surface area contributed by atoms with Crippen molar-refractivity contribution >= 4 is 67.4 Å². The summed E-state index contributed by atoms with van der Waals surface area (Å²) in [7, 11) is 0. The molecule has 1 aromatic heterocycles. The summed E-state index contributed by atoms with van der Waals surface area (Å²) in [6, 6.07) is 3.36. The Balaban J connectivity index is 2.44. The van der Waals surface area contributed by atoms with E-state index in [1.54, 1.807) is 12.1 Å². The van der Waals surface area contributed by atoms with E-state index in [9.17, 15) is 4.79 Å². The monoisotopic (exact) mass is 294 g/mol. The summed E-state index contributed by atoms with van der Waals surface area (Å²) in [4.78, 5) is 15.3. The first-order valence-corrected chi connectivity index (χ1v) is 6.32. The highest BCUT2D eigenvalue weighted by molar-refractivity contribution is 7.22. The molecule has 0 aliphatic rings. The third-order valence-electron chi connectivity index (χ3n) is 1.78. The van der Waals surface area contributed by atoms with Gasteiger partial charge in [-0.15, -0.1) is 11.6 Å². The van der Waals surface area contributed by atoms with Crippen molar-refractivity contribution < 1.29 is 4.79 Å². The number of amides is 1. The SMILES string of the molecule is O=C(CCl)Nc1nc2c(Cl)cc(Cl)cc2s1. The number of rotatable bonds is 2. The van der Waals surface area contributed by atoms with Crippen molar-refractivity contribution in [2.24, 2.45) is 0 Å². The number of nitrogens with zero attached hydrogens (tertiary/aromatic N) is 1. The molecule has 16 heavy (non-hydrogen) atoms. The molecule has 0 saturated heterocycles. The minimum absolute atomic E-state index is 0.107. The molecular formula is C9H5Cl3N2OS. The van der Waals surface area contributed by atoms with E-state index in [1.165, 1.54) is 11.3 Å². The predicted molar refractivity (Wildman–Crippen MR) is 69.0 cm³/mol. The highest BCUT2D eigenvalue weighted by Gasteiger charge is 2.10. The standard InChI is InChI=1S/C9H5Cl3N2OS/c10-3-7(15)13-9-14-8-5(12)1-4(11)2-6(8)16-9/h1-2H,3H2,(H,13,14,15). The number of halogens is 3. The van der Waals surface area contributed by atoms with Gasteiger partial charge in [-0.3, -0.25) is 4.79 Å². The first-order valence-electron chi connectivity index (χ1n) is 4.21. The van der Waals surface area contributed by atoms with E-state index in [-0.39, 0.29) is 11.8 Å². The third kappa shape index (κ3) is 2.40. The molecule has 0 spiro atoms. The van der Waals surface area contributed by atoms with Crippen LogP contribution in [0, 0.1) is 0 Å². The average molecular weight is 296 g/mol. The van der Waals surface area contributed by atoms with Crippen molar-refractivity contribution in [2.75, 3.05) is 11.2 Å². The molecule has 0 fully saturated rings. The Morgan fingerprint density at radius 2 is 2.19 bits per heavy atom. The number of nitrogens with one attached hydrogen (secondary N) is 1. The van der Waals surface area contributed by atoms with Gasteiger partial charge in [0.2, 0.25) is 5.91 Å². The van der Waals surface area contributed by atoms with Crippen LogP contribution in [-0.2, 0) is 4.79 Å². The fourth-order valence-corrected chi connectivity index (χ4v) is 2.83. The fraction of sp³-hybridized carbons (Fsp3) is 0.111. The predicted octanol–water partition coefficient (Wildman–Crippen LogP) is 3.78. The van der Waals surface area contributed by atoms with Crippen molar-refractivity contribution in [3.63, 3.8) is 0 Å². The summed E-state index contributed by atoms with van der Waals surface area (Å²) in [6.45, 7) is 0. The van der Waals surface area contributed by atoms with Gasteiger partial charge in [0.1, 0.15) is 11.4 Å². The molecule has 2 rings (SSSR count). The van der Waals surface area contributed by atoms with E-state index in [1.807, 2.05) is 0 Å². The van der Waals surface area contributed by atoms with Crippen LogP contribution in [0.4, 0.5) is 5.13 Å². The van der Waals surface area contributed by atoms with Crippen molar-refractivity contribution in [2.45, 2.75) is 0 Å². The van der Waals surface area contributed by atoms with E-state index in [0.29, 0.717) is 20.7 Å². The van der Waals surface area contributed by atoms with Crippen LogP contribution in [0.25, 0.3) is 10.2 Å². The first-order chi connectivity index (χ1) is 7.60. The van der Waals surface area contributed by atoms with Gasteiger partial charge in [0.15, 0.2) is 5.13 Å². The first kappa shape index (κ1) is 11.9. The van der Waals surface area contributed by atoms with E-state index in [4.69, 9.17) is 34.8 Å². The quantitative estimate of drug-likeness (QED) is 0.857. The second-order valence-corrected chi connectivity index (χ2v) is 5.08. The van der Waals surface area contributed by atoms with Gasteiger partial charge in [0.05, 0.1) is 9.72 Å². The van der Waals surface area contributed by atoms with Crippen LogP contribution >= 0.6 is 46.1 Å². The van der Waals surface area contributed by atoms with Crippen molar-refractivity contribution in [3.05, 3.63) is 22.2 Å². The second-order valence-electron chi connectivity index (χ2n) is 2.94. The van der Waals surface area contributed by atoms with Gasteiger partial charge in [-0.2, -0.15) is 0 Å².